The third-order valence-electron chi connectivity index (χ3n) is 5.98. The van der Waals surface area contributed by atoms with E-state index < -0.39 is 17.7 Å². The molecule has 39 heavy (non-hydrogen) atoms. The van der Waals surface area contributed by atoms with Crippen molar-refractivity contribution in [3.8, 4) is 5.75 Å². The highest BCUT2D eigenvalue weighted by Crippen LogP contribution is 2.44. The molecule has 0 aliphatic carbocycles. The number of rotatable bonds is 8. The molecule has 1 aromatic heterocycles. The average molecular weight is 627 g/mol. The van der Waals surface area contributed by atoms with Gasteiger partial charge < -0.3 is 9.84 Å². The molecule has 3 aromatic carbocycles. The quantitative estimate of drug-likeness (QED) is 0.0760. The summed E-state index contributed by atoms with van der Waals surface area (Å²) in [5, 5.41) is 19.8. The van der Waals surface area contributed by atoms with Crippen LogP contribution < -0.4 is 9.64 Å². The summed E-state index contributed by atoms with van der Waals surface area (Å²) >= 11 is 5.76. The van der Waals surface area contributed by atoms with E-state index in [9.17, 15) is 19.1 Å². The third kappa shape index (κ3) is 5.61. The van der Waals surface area contributed by atoms with Gasteiger partial charge in [0.25, 0.3) is 5.78 Å². The number of amides is 1. The van der Waals surface area contributed by atoms with E-state index >= 15 is 0 Å². The molecule has 1 N–H and O–H groups in total. The lowest BCUT2D eigenvalue weighted by molar-refractivity contribution is -0.132. The Hall–Kier alpha value is -3.54. The van der Waals surface area contributed by atoms with Gasteiger partial charge in [0.1, 0.15) is 17.3 Å². The van der Waals surface area contributed by atoms with Crippen LogP contribution in [0.25, 0.3) is 5.76 Å². The first-order valence-electron chi connectivity index (χ1n) is 11.9. The predicted octanol–water partition coefficient (Wildman–Crippen LogP) is 6.76. The Labute approximate surface area is 240 Å². The molecular weight excluding hydrogens is 605 g/mol. The summed E-state index contributed by atoms with van der Waals surface area (Å²) in [6.45, 7) is 2.36. The van der Waals surface area contributed by atoms with Gasteiger partial charge in [0, 0.05) is 15.8 Å². The van der Waals surface area contributed by atoms with E-state index in [4.69, 9.17) is 4.74 Å². The number of thioether (sulfide) groups is 1. The van der Waals surface area contributed by atoms with E-state index in [1.165, 1.54) is 22.7 Å². The van der Waals surface area contributed by atoms with Crippen molar-refractivity contribution in [2.24, 2.45) is 0 Å². The summed E-state index contributed by atoms with van der Waals surface area (Å²) in [7, 11) is 0. The normalized spacial score (nSPS) is 16.6. The summed E-state index contributed by atoms with van der Waals surface area (Å²) in [5.74, 6) is -1.30. The zero-order valence-corrected chi connectivity index (χ0v) is 23.7. The van der Waals surface area contributed by atoms with Crippen LogP contribution in [0.4, 0.5) is 9.52 Å². The van der Waals surface area contributed by atoms with Crippen LogP contribution in [-0.4, -0.2) is 33.6 Å². The number of halogens is 2. The lowest BCUT2D eigenvalue weighted by atomic mass is 9.95. The molecule has 4 aromatic rings. The van der Waals surface area contributed by atoms with E-state index in [0.29, 0.717) is 39.1 Å². The molecule has 0 radical (unpaired) electrons. The largest absolute Gasteiger partial charge is 0.507 e. The molecule has 5 rings (SSSR count). The minimum atomic E-state index is -0.943. The molecule has 1 saturated heterocycles. The lowest BCUT2D eigenvalue weighted by Crippen LogP contribution is -2.29. The van der Waals surface area contributed by atoms with Crippen molar-refractivity contribution in [3.05, 3.63) is 105 Å². The predicted molar refractivity (Wildman–Crippen MR) is 152 cm³/mol. The Balaban J connectivity index is 1.54. The second-order valence-electron chi connectivity index (χ2n) is 8.41. The van der Waals surface area contributed by atoms with E-state index in [-0.39, 0.29) is 22.3 Å². The Bertz CT molecular complexity index is 1560. The van der Waals surface area contributed by atoms with Gasteiger partial charge in [-0.1, -0.05) is 81.5 Å². The highest BCUT2D eigenvalue weighted by Gasteiger charge is 2.48. The Morgan fingerprint density at radius 1 is 1.08 bits per heavy atom. The first-order chi connectivity index (χ1) is 18.9. The summed E-state index contributed by atoms with van der Waals surface area (Å²) in [4.78, 5) is 28.0. The second-order valence-corrected chi connectivity index (χ2v) is 11.5. The molecule has 0 bridgehead atoms. The summed E-state index contributed by atoms with van der Waals surface area (Å²) in [5.41, 5.74) is 1.45. The van der Waals surface area contributed by atoms with Gasteiger partial charge in [-0.3, -0.25) is 14.5 Å². The zero-order chi connectivity index (χ0) is 27.5. The smallest absolute Gasteiger partial charge is 0.301 e. The molecule has 11 heteroatoms. The van der Waals surface area contributed by atoms with Crippen molar-refractivity contribution < 1.29 is 23.8 Å². The van der Waals surface area contributed by atoms with Crippen LogP contribution in [0, 0.1) is 5.82 Å². The van der Waals surface area contributed by atoms with Crippen LogP contribution in [0.5, 0.6) is 5.75 Å². The fourth-order valence-electron chi connectivity index (χ4n) is 4.13. The summed E-state index contributed by atoms with van der Waals surface area (Å²) < 4.78 is 20.9. The number of ether oxygens (including phenoxy) is 1. The molecular formula is C28H21BrFN3O4S2. The van der Waals surface area contributed by atoms with Crippen LogP contribution >= 0.6 is 39.0 Å². The molecule has 1 fully saturated rings. The average Bonchev–Trinajstić information content (AvgIpc) is 3.51. The molecule has 198 valence electrons. The molecule has 0 saturated carbocycles. The van der Waals surface area contributed by atoms with Crippen LogP contribution in [0.3, 0.4) is 0 Å². The number of anilines is 1. The van der Waals surface area contributed by atoms with Gasteiger partial charge in [0.2, 0.25) is 5.13 Å². The molecule has 1 aliphatic heterocycles. The van der Waals surface area contributed by atoms with Crippen LogP contribution in [0.2, 0.25) is 0 Å². The minimum Gasteiger partial charge on any atom is -0.507 e. The van der Waals surface area contributed by atoms with Gasteiger partial charge in [-0.2, -0.15) is 0 Å². The highest BCUT2D eigenvalue weighted by molar-refractivity contribution is 9.10. The number of aliphatic hydroxyl groups excluding tert-OH is 1. The number of carbonyl (C=O) groups excluding carboxylic acids is 2. The van der Waals surface area contributed by atoms with Crippen LogP contribution in [-0.2, 0) is 15.3 Å². The maximum Gasteiger partial charge on any atom is 0.301 e. The van der Waals surface area contributed by atoms with Crippen molar-refractivity contribution in [2.45, 2.75) is 23.1 Å². The third-order valence-corrected chi connectivity index (χ3v) is 8.61. The Kier molecular flexibility index (Phi) is 8.10. The number of aromatic nitrogens is 2. The second kappa shape index (κ2) is 11.7. The molecule has 0 spiro atoms. The molecule has 2 heterocycles. The minimum absolute atomic E-state index is 0.0535. The standard InChI is InChI=1S/C28H21BrFN3O4S2/c1-2-37-20-13-9-16(10-14-20)23-22(24(34)17-7-11-19(29)12-8-17)25(35)26(36)33(23)27-31-32-28(39-27)38-15-18-5-3-4-6-21(18)30/h3-14,23,34H,2,15H2,1H3/b24-22-. The monoisotopic (exact) mass is 625 g/mol. The summed E-state index contributed by atoms with van der Waals surface area (Å²) in [6.07, 6.45) is 0. The van der Waals surface area contributed by atoms with E-state index in [2.05, 4.69) is 26.1 Å². The molecule has 7 nitrogen and oxygen atoms in total. The SMILES string of the molecule is CCOc1ccc(C2/C(=C(/O)c3ccc(Br)cc3)C(=O)C(=O)N2c2nnc(SCc3ccccc3F)s2)cc1. The number of benzene rings is 3. The highest BCUT2D eigenvalue weighted by atomic mass is 79.9. The maximum atomic E-state index is 14.1. The lowest BCUT2D eigenvalue weighted by Gasteiger charge is -2.22. The van der Waals surface area contributed by atoms with Gasteiger partial charge in [-0.25, -0.2) is 4.39 Å². The molecule has 1 amide bonds. The van der Waals surface area contributed by atoms with Gasteiger partial charge >= 0.3 is 5.91 Å². The molecule has 1 atom stereocenters. The first-order valence-corrected chi connectivity index (χ1v) is 14.5. The maximum absolute atomic E-state index is 14.1. The van der Waals surface area contributed by atoms with Crippen molar-refractivity contribution in [1.82, 2.24) is 10.2 Å². The van der Waals surface area contributed by atoms with E-state index in [1.807, 2.05) is 6.92 Å². The fourth-order valence-corrected chi connectivity index (χ4v) is 6.25. The van der Waals surface area contributed by atoms with Gasteiger partial charge in [-0.05, 0) is 48.4 Å². The van der Waals surface area contributed by atoms with Crippen LogP contribution in [0.1, 0.15) is 29.7 Å². The van der Waals surface area contributed by atoms with Crippen molar-refractivity contribution in [2.75, 3.05) is 11.5 Å². The van der Waals surface area contributed by atoms with Gasteiger partial charge in [0.05, 0.1) is 18.2 Å². The molecule has 1 aliphatic rings. The van der Waals surface area contributed by atoms with Gasteiger partial charge in [-0.15, -0.1) is 10.2 Å². The number of ketones is 1. The van der Waals surface area contributed by atoms with Crippen LogP contribution in [0.15, 0.2) is 87.2 Å². The molecule has 1 unspecified atom stereocenters. The first kappa shape index (κ1) is 27.0. The Morgan fingerprint density at radius 2 is 1.79 bits per heavy atom. The summed E-state index contributed by atoms with van der Waals surface area (Å²) in [6, 6.07) is 19.3. The number of hydrogen-bond acceptors (Lipinski definition) is 8. The topological polar surface area (TPSA) is 92.6 Å². The van der Waals surface area contributed by atoms with E-state index in [0.717, 1.165) is 15.8 Å². The number of Topliss-reactive ketones (excluding diaryl/α,β-unsaturated/α-hetero) is 1. The fraction of sp³-hybridized carbons (Fsp3) is 0.143. The van der Waals surface area contributed by atoms with E-state index in [1.54, 1.807) is 66.7 Å². The van der Waals surface area contributed by atoms with Gasteiger partial charge in [0.15, 0.2) is 4.34 Å². The van der Waals surface area contributed by atoms with Crippen molar-refractivity contribution in [3.63, 3.8) is 0 Å². The number of carbonyl (C=O) groups is 2. The zero-order valence-electron chi connectivity index (χ0n) is 20.5. The Morgan fingerprint density at radius 3 is 2.49 bits per heavy atom. The number of hydrogen-bond donors (Lipinski definition) is 1. The van der Waals surface area contributed by atoms with Crippen molar-refractivity contribution >= 4 is 61.6 Å². The van der Waals surface area contributed by atoms with Crippen molar-refractivity contribution in [1.29, 1.82) is 0 Å². The number of nitrogens with zero attached hydrogens (tertiary/aromatic N) is 3. The number of aliphatic hydroxyl groups is 1.